The molecule has 2 aromatic carbocycles. The van der Waals surface area contributed by atoms with Gasteiger partial charge in [-0.25, -0.2) is 0 Å². The van der Waals surface area contributed by atoms with Crippen LogP contribution in [0.3, 0.4) is 0 Å². The molecule has 0 saturated heterocycles. The number of hydrogen-bond acceptors (Lipinski definition) is 3. The van der Waals surface area contributed by atoms with Crippen molar-refractivity contribution in [2.75, 3.05) is 0 Å². The molecule has 1 atom stereocenters. The molecule has 3 aromatic rings. The van der Waals surface area contributed by atoms with Gasteiger partial charge < -0.3 is 11.1 Å². The largest absolute Gasteiger partial charge is 0.368 e. The van der Waals surface area contributed by atoms with Crippen LogP contribution < -0.4 is 11.1 Å². The molecule has 2 amide bonds. The van der Waals surface area contributed by atoms with Crippen LogP contribution in [0.5, 0.6) is 0 Å². The number of nitrogens with one attached hydrogen (secondary N) is 1. The van der Waals surface area contributed by atoms with Gasteiger partial charge in [0.05, 0.1) is 11.1 Å². The molecule has 6 heteroatoms. The number of carbonyl (C=O) groups excluding carboxylic acids is 2. The Labute approximate surface area is 149 Å². The summed E-state index contributed by atoms with van der Waals surface area (Å²) in [4.78, 5) is 28.7. The Hall–Kier alpha value is -2.92. The standard InChI is InChI=1S/C19H16ClN3O2/c20-13-7-5-12(6-8-13)11-17(18(21)24)23-19(25)15-9-10-22-16-4-2-1-3-14(15)16/h1-10,17H,11H2,(H2,21,24)(H,23,25)/t17-/m1/s1. The normalized spacial score (nSPS) is 11.9. The number of hydrogen-bond donors (Lipinski definition) is 2. The maximum absolute atomic E-state index is 12.7. The van der Waals surface area contributed by atoms with Crippen molar-refractivity contribution in [2.24, 2.45) is 5.73 Å². The van der Waals surface area contributed by atoms with Crippen molar-refractivity contribution in [3.8, 4) is 0 Å². The summed E-state index contributed by atoms with van der Waals surface area (Å²) in [5, 5.41) is 4.04. The Morgan fingerprint density at radius 3 is 2.52 bits per heavy atom. The minimum atomic E-state index is -0.819. The molecular weight excluding hydrogens is 338 g/mol. The van der Waals surface area contributed by atoms with E-state index in [4.69, 9.17) is 17.3 Å². The van der Waals surface area contributed by atoms with Crippen LogP contribution >= 0.6 is 11.6 Å². The van der Waals surface area contributed by atoms with Crippen LogP contribution in [0.2, 0.25) is 5.02 Å². The molecule has 0 aliphatic rings. The SMILES string of the molecule is NC(=O)[C@@H](Cc1ccc(Cl)cc1)NC(=O)c1ccnc2ccccc12. The van der Waals surface area contributed by atoms with Gasteiger partial charge in [-0.05, 0) is 29.8 Å². The predicted octanol–water partition coefficient (Wildman–Crippen LogP) is 2.71. The Morgan fingerprint density at radius 1 is 1.08 bits per heavy atom. The lowest BCUT2D eigenvalue weighted by atomic mass is 10.0. The molecule has 0 fully saturated rings. The first-order valence-electron chi connectivity index (χ1n) is 7.73. The molecule has 5 nitrogen and oxygen atoms in total. The average Bonchev–Trinajstić information content (AvgIpc) is 2.62. The van der Waals surface area contributed by atoms with Crippen LogP contribution in [0.25, 0.3) is 10.9 Å². The van der Waals surface area contributed by atoms with Crippen LogP contribution in [-0.4, -0.2) is 22.8 Å². The molecule has 3 rings (SSSR count). The number of primary amides is 1. The van der Waals surface area contributed by atoms with E-state index in [1.807, 2.05) is 24.3 Å². The molecule has 0 aliphatic heterocycles. The van der Waals surface area contributed by atoms with Crippen molar-refractivity contribution in [3.63, 3.8) is 0 Å². The summed E-state index contributed by atoms with van der Waals surface area (Å²) in [7, 11) is 0. The second kappa shape index (κ2) is 7.32. The van der Waals surface area contributed by atoms with E-state index in [1.54, 1.807) is 36.5 Å². The minimum absolute atomic E-state index is 0.293. The van der Waals surface area contributed by atoms with E-state index in [0.717, 1.165) is 10.9 Å². The number of nitrogens with zero attached hydrogens (tertiary/aromatic N) is 1. The fourth-order valence-corrected chi connectivity index (χ4v) is 2.73. The predicted molar refractivity (Wildman–Crippen MR) is 97.3 cm³/mol. The highest BCUT2D eigenvalue weighted by Gasteiger charge is 2.20. The first-order valence-corrected chi connectivity index (χ1v) is 8.11. The van der Waals surface area contributed by atoms with Gasteiger partial charge in [0.1, 0.15) is 6.04 Å². The van der Waals surface area contributed by atoms with Crippen molar-refractivity contribution in [1.82, 2.24) is 10.3 Å². The average molecular weight is 354 g/mol. The van der Waals surface area contributed by atoms with E-state index in [-0.39, 0.29) is 5.91 Å². The highest BCUT2D eigenvalue weighted by molar-refractivity contribution is 6.30. The van der Waals surface area contributed by atoms with Gasteiger partial charge in [0.15, 0.2) is 0 Å². The summed E-state index contributed by atoms with van der Waals surface area (Å²) in [5.41, 5.74) is 7.48. The second-order valence-electron chi connectivity index (χ2n) is 5.63. The van der Waals surface area contributed by atoms with Gasteiger partial charge in [-0.2, -0.15) is 0 Å². The minimum Gasteiger partial charge on any atom is -0.368 e. The van der Waals surface area contributed by atoms with Gasteiger partial charge in [0, 0.05) is 23.0 Å². The first-order chi connectivity index (χ1) is 12.0. The lowest BCUT2D eigenvalue weighted by molar-refractivity contribution is -0.119. The van der Waals surface area contributed by atoms with Gasteiger partial charge in [0.2, 0.25) is 5.91 Å². The Morgan fingerprint density at radius 2 is 1.80 bits per heavy atom. The number of aromatic nitrogens is 1. The number of fused-ring (bicyclic) bond motifs is 1. The van der Waals surface area contributed by atoms with Crippen LogP contribution in [0.15, 0.2) is 60.8 Å². The fourth-order valence-electron chi connectivity index (χ4n) is 2.61. The summed E-state index contributed by atoms with van der Waals surface area (Å²) in [6.07, 6.45) is 1.86. The first kappa shape index (κ1) is 16.9. The maximum atomic E-state index is 12.7. The Balaban J connectivity index is 1.83. The monoisotopic (exact) mass is 353 g/mol. The lowest BCUT2D eigenvalue weighted by Gasteiger charge is -2.16. The molecule has 1 heterocycles. The van der Waals surface area contributed by atoms with E-state index in [2.05, 4.69) is 10.3 Å². The summed E-state index contributed by atoms with van der Waals surface area (Å²) in [5.74, 6) is -0.960. The molecule has 25 heavy (non-hydrogen) atoms. The van der Waals surface area contributed by atoms with Gasteiger partial charge in [-0.3, -0.25) is 14.6 Å². The molecule has 0 saturated carbocycles. The van der Waals surface area contributed by atoms with E-state index in [0.29, 0.717) is 22.5 Å². The number of nitrogens with two attached hydrogens (primary N) is 1. The molecule has 126 valence electrons. The van der Waals surface area contributed by atoms with Gasteiger partial charge >= 0.3 is 0 Å². The van der Waals surface area contributed by atoms with Crippen molar-refractivity contribution in [3.05, 3.63) is 76.9 Å². The van der Waals surface area contributed by atoms with E-state index in [9.17, 15) is 9.59 Å². The number of amides is 2. The molecule has 0 bridgehead atoms. The fraction of sp³-hybridized carbons (Fsp3) is 0.105. The van der Waals surface area contributed by atoms with Crippen LogP contribution in [-0.2, 0) is 11.2 Å². The lowest BCUT2D eigenvalue weighted by Crippen LogP contribution is -2.45. The summed E-state index contributed by atoms with van der Waals surface area (Å²) >= 11 is 5.86. The van der Waals surface area contributed by atoms with Gasteiger partial charge in [-0.15, -0.1) is 0 Å². The highest BCUT2D eigenvalue weighted by Crippen LogP contribution is 2.17. The van der Waals surface area contributed by atoms with Crippen LogP contribution in [0, 0.1) is 0 Å². The van der Waals surface area contributed by atoms with Gasteiger partial charge in [0.25, 0.3) is 5.91 Å². The molecule has 0 spiro atoms. The third-order valence-electron chi connectivity index (χ3n) is 3.90. The van der Waals surface area contributed by atoms with E-state index < -0.39 is 11.9 Å². The zero-order valence-electron chi connectivity index (χ0n) is 13.3. The molecule has 1 aromatic heterocycles. The zero-order valence-corrected chi connectivity index (χ0v) is 14.0. The second-order valence-corrected chi connectivity index (χ2v) is 6.07. The number of para-hydroxylation sites is 1. The molecule has 0 radical (unpaired) electrons. The summed E-state index contributed by atoms with van der Waals surface area (Å²) < 4.78 is 0. The summed E-state index contributed by atoms with van der Waals surface area (Å²) in [6.45, 7) is 0. The number of benzene rings is 2. The van der Waals surface area contributed by atoms with Crippen LogP contribution in [0.4, 0.5) is 0 Å². The van der Waals surface area contributed by atoms with Crippen molar-refractivity contribution < 1.29 is 9.59 Å². The number of pyridine rings is 1. The summed E-state index contributed by atoms with van der Waals surface area (Å²) in [6, 6.07) is 15.2. The number of halogens is 1. The van der Waals surface area contributed by atoms with Crippen LogP contribution in [0.1, 0.15) is 15.9 Å². The van der Waals surface area contributed by atoms with E-state index >= 15 is 0 Å². The number of carbonyl (C=O) groups is 2. The third kappa shape index (κ3) is 3.95. The number of rotatable bonds is 5. The Bertz CT molecular complexity index is 920. The quantitative estimate of drug-likeness (QED) is 0.739. The maximum Gasteiger partial charge on any atom is 0.252 e. The topological polar surface area (TPSA) is 85.1 Å². The van der Waals surface area contributed by atoms with Crippen molar-refractivity contribution in [2.45, 2.75) is 12.5 Å². The molecular formula is C19H16ClN3O2. The van der Waals surface area contributed by atoms with Crippen molar-refractivity contribution >= 4 is 34.3 Å². The Kier molecular flexibility index (Phi) is 4.95. The smallest absolute Gasteiger partial charge is 0.252 e. The molecule has 3 N–H and O–H groups in total. The van der Waals surface area contributed by atoms with E-state index in [1.165, 1.54) is 0 Å². The molecule has 0 aliphatic carbocycles. The highest BCUT2D eigenvalue weighted by atomic mass is 35.5. The van der Waals surface area contributed by atoms with Crippen molar-refractivity contribution in [1.29, 1.82) is 0 Å². The zero-order chi connectivity index (χ0) is 17.8. The molecule has 0 unspecified atom stereocenters. The third-order valence-corrected chi connectivity index (χ3v) is 4.15. The van der Waals surface area contributed by atoms with Gasteiger partial charge in [-0.1, -0.05) is 41.9 Å².